The van der Waals surface area contributed by atoms with Gasteiger partial charge in [-0.05, 0) is 51.0 Å². The molecule has 2 aliphatic heterocycles. The van der Waals surface area contributed by atoms with Gasteiger partial charge < -0.3 is 10.6 Å². The van der Waals surface area contributed by atoms with Crippen molar-refractivity contribution in [1.29, 1.82) is 0 Å². The van der Waals surface area contributed by atoms with E-state index in [1.165, 1.54) is 57.9 Å². The number of carbonyl (C=O) groups excluding carboxylic acids is 1. The van der Waals surface area contributed by atoms with Crippen molar-refractivity contribution in [2.75, 3.05) is 19.6 Å². The lowest BCUT2D eigenvalue weighted by Gasteiger charge is -2.35. The molecule has 0 bridgehead atoms. The topological polar surface area (TPSA) is 44.4 Å². The van der Waals surface area contributed by atoms with Crippen LogP contribution in [0.2, 0.25) is 0 Å². The zero-order valence-electron chi connectivity index (χ0n) is 15.0. The maximum Gasteiger partial charge on any atom is 0.237 e. The monoisotopic (exact) mass is 379 g/mol. The Bertz CT molecular complexity index is 369. The van der Waals surface area contributed by atoms with E-state index in [2.05, 4.69) is 22.5 Å². The highest BCUT2D eigenvalue weighted by molar-refractivity contribution is 5.85. The summed E-state index contributed by atoms with van der Waals surface area (Å²) in [6.07, 6.45) is 11.6. The molecule has 0 aromatic rings. The Morgan fingerprint density at radius 3 is 2.62 bits per heavy atom. The molecule has 4 unspecified atom stereocenters. The summed E-state index contributed by atoms with van der Waals surface area (Å²) in [7, 11) is 0. The van der Waals surface area contributed by atoms with Crippen molar-refractivity contribution in [3.8, 4) is 0 Å². The van der Waals surface area contributed by atoms with Crippen LogP contribution < -0.4 is 10.6 Å². The van der Waals surface area contributed by atoms with E-state index in [-0.39, 0.29) is 36.8 Å². The average Bonchev–Trinajstić information content (AvgIpc) is 2.99. The molecule has 6 heteroatoms. The number of nitrogens with one attached hydrogen (secondary N) is 2. The number of carbonyl (C=O) groups is 1. The minimum atomic E-state index is 0. The molecular weight excluding hydrogens is 345 g/mol. The second-order valence-corrected chi connectivity index (χ2v) is 7.49. The van der Waals surface area contributed by atoms with Crippen molar-refractivity contribution >= 4 is 30.7 Å². The number of rotatable bonds is 5. The molecule has 0 aromatic heterocycles. The van der Waals surface area contributed by atoms with E-state index in [9.17, 15) is 4.79 Å². The van der Waals surface area contributed by atoms with Gasteiger partial charge in [0.2, 0.25) is 5.91 Å². The molecule has 1 saturated carbocycles. The van der Waals surface area contributed by atoms with Gasteiger partial charge in [-0.2, -0.15) is 0 Å². The van der Waals surface area contributed by atoms with Crippen molar-refractivity contribution in [2.45, 2.75) is 82.8 Å². The second-order valence-electron chi connectivity index (χ2n) is 7.49. The van der Waals surface area contributed by atoms with E-state index < -0.39 is 0 Å². The van der Waals surface area contributed by atoms with Crippen molar-refractivity contribution in [3.05, 3.63) is 0 Å². The third-order valence-electron chi connectivity index (χ3n) is 6.10. The number of hydrogen-bond acceptors (Lipinski definition) is 3. The van der Waals surface area contributed by atoms with Gasteiger partial charge in [0.25, 0.3) is 0 Å². The third-order valence-corrected chi connectivity index (χ3v) is 6.10. The zero-order valence-corrected chi connectivity index (χ0v) is 16.6. The molecule has 3 rings (SSSR count). The molecule has 3 aliphatic rings. The van der Waals surface area contributed by atoms with Crippen molar-refractivity contribution in [2.24, 2.45) is 5.92 Å². The molecule has 3 fully saturated rings. The van der Waals surface area contributed by atoms with Gasteiger partial charge in [-0.3, -0.25) is 9.69 Å². The summed E-state index contributed by atoms with van der Waals surface area (Å²) in [6, 6.07) is 1.41. The number of piperidine rings is 1. The van der Waals surface area contributed by atoms with Gasteiger partial charge >= 0.3 is 0 Å². The van der Waals surface area contributed by atoms with Gasteiger partial charge in [0.1, 0.15) is 0 Å². The Hall–Kier alpha value is -0.0300. The largest absolute Gasteiger partial charge is 0.353 e. The standard InChI is InChI=1S/C18H33N3O.2ClH/c1-2-15-8-5-6-11-21(15)12-10-19-18(22)17-13-14-7-3-4-9-16(14)20-17;;/h14-17,20H,2-13H2,1H3,(H,19,22);2*1H. The summed E-state index contributed by atoms with van der Waals surface area (Å²) in [5.41, 5.74) is 0. The normalized spacial score (nSPS) is 33.0. The van der Waals surface area contributed by atoms with E-state index in [1.807, 2.05) is 0 Å². The first-order valence-corrected chi connectivity index (χ1v) is 9.55. The fraction of sp³-hybridized carbons (Fsp3) is 0.944. The van der Waals surface area contributed by atoms with Gasteiger partial charge in [0.05, 0.1) is 6.04 Å². The summed E-state index contributed by atoms with van der Waals surface area (Å²) < 4.78 is 0. The van der Waals surface area contributed by atoms with Crippen LogP contribution in [-0.4, -0.2) is 48.6 Å². The predicted octanol–water partition coefficient (Wildman–Crippen LogP) is 3.13. The summed E-state index contributed by atoms with van der Waals surface area (Å²) >= 11 is 0. The third kappa shape index (κ3) is 5.48. The fourth-order valence-corrected chi connectivity index (χ4v) is 4.78. The molecule has 4 nitrogen and oxygen atoms in total. The predicted molar refractivity (Wildman–Crippen MR) is 104 cm³/mol. The minimum Gasteiger partial charge on any atom is -0.353 e. The van der Waals surface area contributed by atoms with Crippen LogP contribution in [0.1, 0.15) is 64.7 Å². The van der Waals surface area contributed by atoms with Crippen LogP contribution in [0.25, 0.3) is 0 Å². The quantitative estimate of drug-likeness (QED) is 0.770. The Balaban J connectivity index is 0.00000144. The SMILES string of the molecule is CCC1CCCCN1CCNC(=O)C1CC2CCCCC2N1.Cl.Cl. The molecule has 0 aromatic carbocycles. The van der Waals surface area contributed by atoms with Gasteiger partial charge in [-0.1, -0.05) is 26.2 Å². The molecular formula is C18H35Cl2N3O. The molecule has 0 spiro atoms. The molecule has 4 atom stereocenters. The average molecular weight is 380 g/mol. The van der Waals surface area contributed by atoms with E-state index in [0.717, 1.165) is 31.5 Å². The molecule has 1 amide bonds. The number of hydrogen-bond donors (Lipinski definition) is 2. The number of fused-ring (bicyclic) bond motifs is 1. The Labute approximate surface area is 159 Å². The highest BCUT2D eigenvalue weighted by Gasteiger charge is 2.38. The van der Waals surface area contributed by atoms with Crippen LogP contribution in [0, 0.1) is 5.92 Å². The Morgan fingerprint density at radius 2 is 1.88 bits per heavy atom. The lowest BCUT2D eigenvalue weighted by molar-refractivity contribution is -0.123. The first-order chi connectivity index (χ1) is 10.8. The summed E-state index contributed by atoms with van der Waals surface area (Å²) in [5.74, 6) is 0.982. The molecule has 0 radical (unpaired) electrons. The van der Waals surface area contributed by atoms with Crippen LogP contribution in [0.4, 0.5) is 0 Å². The van der Waals surface area contributed by atoms with Crippen LogP contribution in [-0.2, 0) is 4.79 Å². The minimum absolute atomic E-state index is 0. The summed E-state index contributed by atoms with van der Waals surface area (Å²) in [6.45, 7) is 5.32. The van der Waals surface area contributed by atoms with Crippen LogP contribution in [0.3, 0.4) is 0 Å². The van der Waals surface area contributed by atoms with Gasteiger partial charge in [-0.15, -0.1) is 24.8 Å². The van der Waals surface area contributed by atoms with Crippen molar-refractivity contribution in [3.63, 3.8) is 0 Å². The molecule has 24 heavy (non-hydrogen) atoms. The van der Waals surface area contributed by atoms with Crippen LogP contribution in [0.5, 0.6) is 0 Å². The Kier molecular flexibility index (Phi) is 9.95. The lowest BCUT2D eigenvalue weighted by atomic mass is 9.85. The first kappa shape index (κ1) is 22.0. The van der Waals surface area contributed by atoms with E-state index in [4.69, 9.17) is 0 Å². The van der Waals surface area contributed by atoms with E-state index in [0.29, 0.717) is 6.04 Å². The summed E-state index contributed by atoms with van der Waals surface area (Å²) in [4.78, 5) is 15.0. The molecule has 2 heterocycles. The van der Waals surface area contributed by atoms with Gasteiger partial charge in [-0.25, -0.2) is 0 Å². The number of amides is 1. The van der Waals surface area contributed by atoms with E-state index >= 15 is 0 Å². The molecule has 2 saturated heterocycles. The fourth-order valence-electron chi connectivity index (χ4n) is 4.78. The van der Waals surface area contributed by atoms with Crippen LogP contribution in [0.15, 0.2) is 0 Å². The zero-order chi connectivity index (χ0) is 15.4. The maximum absolute atomic E-state index is 12.4. The molecule has 1 aliphatic carbocycles. The number of likely N-dealkylation sites (tertiary alicyclic amines) is 1. The highest BCUT2D eigenvalue weighted by atomic mass is 35.5. The summed E-state index contributed by atoms with van der Waals surface area (Å²) in [5, 5.41) is 6.76. The molecule has 142 valence electrons. The maximum atomic E-state index is 12.4. The van der Waals surface area contributed by atoms with Crippen molar-refractivity contribution < 1.29 is 4.79 Å². The first-order valence-electron chi connectivity index (χ1n) is 9.55. The second kappa shape index (κ2) is 10.8. The van der Waals surface area contributed by atoms with Gasteiger partial charge in [0, 0.05) is 25.2 Å². The highest BCUT2D eigenvalue weighted by Crippen LogP contribution is 2.33. The van der Waals surface area contributed by atoms with Crippen molar-refractivity contribution in [1.82, 2.24) is 15.5 Å². The van der Waals surface area contributed by atoms with Gasteiger partial charge in [0.15, 0.2) is 0 Å². The lowest BCUT2D eigenvalue weighted by Crippen LogP contribution is -2.47. The van der Waals surface area contributed by atoms with Crippen LogP contribution >= 0.6 is 24.8 Å². The molecule has 2 N–H and O–H groups in total. The smallest absolute Gasteiger partial charge is 0.237 e. The number of halogens is 2. The van der Waals surface area contributed by atoms with E-state index in [1.54, 1.807) is 0 Å². The Morgan fingerprint density at radius 1 is 1.12 bits per heavy atom. The number of nitrogens with zero attached hydrogens (tertiary/aromatic N) is 1.